The van der Waals surface area contributed by atoms with Gasteiger partial charge in [-0.15, -0.1) is 0 Å². The Morgan fingerprint density at radius 2 is 1.38 bits per heavy atom. The first kappa shape index (κ1) is 17.4. The molecule has 0 unspecified atom stereocenters. The molecule has 0 N–H and O–H groups in total. The van der Waals surface area contributed by atoms with Crippen LogP contribution in [0.2, 0.25) is 0 Å². The maximum atomic E-state index is 12.2. The van der Waals surface area contributed by atoms with Gasteiger partial charge in [0.05, 0.1) is 19.5 Å². The molecule has 0 atom stereocenters. The summed E-state index contributed by atoms with van der Waals surface area (Å²) >= 11 is 0. The van der Waals surface area contributed by atoms with E-state index in [1.165, 1.54) is 6.26 Å². The van der Waals surface area contributed by atoms with Crippen molar-refractivity contribution in [1.82, 2.24) is 4.67 Å². The minimum atomic E-state index is -3.54. The lowest BCUT2D eigenvalue weighted by atomic mass is 10.4. The van der Waals surface area contributed by atoms with Gasteiger partial charge in [-0.2, -0.15) is 4.15 Å². The van der Waals surface area contributed by atoms with E-state index >= 15 is 0 Å². The Balaban J connectivity index is 2.35. The maximum Gasteiger partial charge on any atom is 0.250 e. The third kappa shape index (κ3) is 3.62. The molecule has 0 aromatic heterocycles. The molecular weight excluding hydrogens is 343 g/mol. The molecule has 1 saturated heterocycles. The molecule has 5 nitrogen and oxygen atoms in total. The standard InChI is InChI=1S/C17H21N2O3PS/c1-24(20,21)18-23(16-8-4-2-5-9-16,17-10-6-3-7-11-17)19-12-14-22-15-13-19/h2-11H,12-15H2,1H3. The van der Waals surface area contributed by atoms with Crippen molar-refractivity contribution in [2.45, 2.75) is 0 Å². The van der Waals surface area contributed by atoms with Gasteiger partial charge in [0.1, 0.15) is 7.21 Å². The summed E-state index contributed by atoms with van der Waals surface area (Å²) in [5, 5.41) is 1.90. The second-order valence-electron chi connectivity index (χ2n) is 5.65. The highest BCUT2D eigenvalue weighted by atomic mass is 32.2. The lowest BCUT2D eigenvalue weighted by Crippen LogP contribution is -2.40. The van der Waals surface area contributed by atoms with Gasteiger partial charge in [-0.05, 0) is 0 Å². The number of sulfonamides is 1. The molecule has 0 spiro atoms. The minimum Gasteiger partial charge on any atom is -0.379 e. The van der Waals surface area contributed by atoms with Crippen LogP contribution in [0, 0.1) is 0 Å². The summed E-state index contributed by atoms with van der Waals surface area (Å²) in [7, 11) is -6.14. The molecule has 1 fully saturated rings. The summed E-state index contributed by atoms with van der Waals surface area (Å²) in [6.07, 6.45) is 1.17. The summed E-state index contributed by atoms with van der Waals surface area (Å²) in [5.41, 5.74) is 0. The first-order valence-electron chi connectivity index (χ1n) is 7.80. The Bertz CT molecular complexity index is 789. The van der Waals surface area contributed by atoms with E-state index in [1.54, 1.807) is 0 Å². The van der Waals surface area contributed by atoms with Crippen LogP contribution in [0.1, 0.15) is 0 Å². The van der Waals surface area contributed by atoms with E-state index in [-0.39, 0.29) is 0 Å². The van der Waals surface area contributed by atoms with E-state index in [2.05, 4.69) is 8.82 Å². The first-order chi connectivity index (χ1) is 11.5. The molecule has 2 aromatic rings. The minimum absolute atomic E-state index is 0.584. The lowest BCUT2D eigenvalue weighted by Gasteiger charge is -2.39. The van der Waals surface area contributed by atoms with Gasteiger partial charge in [0.15, 0.2) is 0 Å². The third-order valence-electron chi connectivity index (χ3n) is 3.90. The van der Waals surface area contributed by atoms with Gasteiger partial charge < -0.3 is 4.74 Å². The van der Waals surface area contributed by atoms with Crippen LogP contribution < -0.4 is 10.6 Å². The fourth-order valence-corrected chi connectivity index (χ4v) is 8.70. The molecule has 0 saturated carbocycles. The molecule has 0 aliphatic carbocycles. The van der Waals surface area contributed by atoms with E-state index < -0.39 is 17.2 Å². The predicted octanol–water partition coefficient (Wildman–Crippen LogP) is 2.05. The van der Waals surface area contributed by atoms with Crippen molar-refractivity contribution in [3.8, 4) is 0 Å². The highest BCUT2D eigenvalue weighted by Crippen LogP contribution is 2.52. The molecule has 128 valence electrons. The number of hydrogen-bond donors (Lipinski definition) is 0. The van der Waals surface area contributed by atoms with E-state index in [4.69, 9.17) is 4.74 Å². The van der Waals surface area contributed by atoms with Crippen LogP contribution in [0.15, 0.2) is 64.8 Å². The first-order valence-corrected chi connectivity index (χ1v) is 11.3. The van der Waals surface area contributed by atoms with Gasteiger partial charge in [0.25, 0.3) is 10.0 Å². The molecule has 0 bridgehead atoms. The molecule has 1 heterocycles. The number of nitrogens with zero attached hydrogens (tertiary/aromatic N) is 2. The Labute approximate surface area is 143 Å². The van der Waals surface area contributed by atoms with E-state index in [9.17, 15) is 8.42 Å². The lowest BCUT2D eigenvalue weighted by molar-refractivity contribution is 0.0750. The Morgan fingerprint density at radius 3 is 1.79 bits per heavy atom. The molecule has 2 aromatic carbocycles. The number of ether oxygens (including phenoxy) is 1. The summed E-state index contributed by atoms with van der Waals surface area (Å²) in [6.45, 7) is 2.49. The Morgan fingerprint density at radius 1 is 0.917 bits per heavy atom. The van der Waals surface area contributed by atoms with Crippen LogP contribution in [0.3, 0.4) is 0 Å². The van der Waals surface area contributed by atoms with Crippen molar-refractivity contribution < 1.29 is 13.2 Å². The smallest absolute Gasteiger partial charge is 0.250 e. The van der Waals surface area contributed by atoms with Crippen LogP contribution >= 0.6 is 7.21 Å². The van der Waals surface area contributed by atoms with Crippen molar-refractivity contribution in [3.05, 3.63) is 60.7 Å². The third-order valence-corrected chi connectivity index (χ3v) is 9.28. The summed E-state index contributed by atoms with van der Waals surface area (Å²) in [4.78, 5) is 0. The number of morpholine rings is 1. The SMILES string of the molecule is CS(=O)(=O)N=P(c1ccccc1)(c1ccccc1)N1CCOCC1. The number of hydrogen-bond acceptors (Lipinski definition) is 3. The van der Waals surface area contributed by atoms with Gasteiger partial charge in [-0.25, -0.2) is 8.42 Å². The molecular formula is C17H21N2O3PS. The monoisotopic (exact) mass is 364 g/mol. The molecule has 1 aliphatic heterocycles. The fraction of sp³-hybridized carbons (Fsp3) is 0.294. The molecule has 0 radical (unpaired) electrons. The Hall–Kier alpha value is -1.46. The molecule has 1 aliphatic rings. The predicted molar refractivity (Wildman–Crippen MR) is 98.7 cm³/mol. The second-order valence-corrected chi connectivity index (χ2v) is 10.6. The van der Waals surface area contributed by atoms with Crippen molar-refractivity contribution in [1.29, 1.82) is 0 Å². The van der Waals surface area contributed by atoms with Gasteiger partial charge in [0, 0.05) is 23.7 Å². The summed E-state index contributed by atoms with van der Waals surface area (Å²) < 4.78 is 36.6. The zero-order valence-electron chi connectivity index (χ0n) is 13.6. The number of rotatable bonds is 4. The molecule has 3 rings (SSSR count). The van der Waals surface area contributed by atoms with E-state index in [0.29, 0.717) is 26.3 Å². The van der Waals surface area contributed by atoms with Crippen molar-refractivity contribution in [2.75, 3.05) is 32.6 Å². The van der Waals surface area contributed by atoms with Crippen molar-refractivity contribution in [3.63, 3.8) is 0 Å². The normalized spacial score (nSPS) is 16.7. The molecule has 24 heavy (non-hydrogen) atoms. The van der Waals surface area contributed by atoms with Crippen LogP contribution in [0.25, 0.3) is 0 Å². The van der Waals surface area contributed by atoms with Crippen LogP contribution in [-0.4, -0.2) is 45.6 Å². The molecule has 0 amide bonds. The highest BCUT2D eigenvalue weighted by Gasteiger charge is 2.34. The van der Waals surface area contributed by atoms with Gasteiger partial charge in [-0.1, -0.05) is 60.7 Å². The maximum absolute atomic E-state index is 12.2. The van der Waals surface area contributed by atoms with Gasteiger partial charge >= 0.3 is 0 Å². The fourth-order valence-electron chi connectivity index (χ4n) is 2.95. The number of benzene rings is 2. The zero-order chi connectivity index (χ0) is 17.0. The highest BCUT2D eigenvalue weighted by molar-refractivity contribution is 7.96. The van der Waals surface area contributed by atoms with Gasteiger partial charge in [-0.3, -0.25) is 4.67 Å². The molecule has 7 heteroatoms. The van der Waals surface area contributed by atoms with E-state index in [0.717, 1.165) is 10.6 Å². The average molecular weight is 364 g/mol. The second kappa shape index (κ2) is 7.19. The van der Waals surface area contributed by atoms with Crippen LogP contribution in [-0.2, 0) is 14.8 Å². The topological polar surface area (TPSA) is 59.0 Å². The van der Waals surface area contributed by atoms with Crippen molar-refractivity contribution in [2.24, 2.45) is 4.15 Å². The summed E-state index contributed by atoms with van der Waals surface area (Å²) in [5.74, 6) is 0. The van der Waals surface area contributed by atoms with E-state index in [1.807, 2.05) is 60.7 Å². The zero-order valence-corrected chi connectivity index (χ0v) is 15.3. The quantitative estimate of drug-likeness (QED) is 0.779. The van der Waals surface area contributed by atoms with Crippen LogP contribution in [0.5, 0.6) is 0 Å². The van der Waals surface area contributed by atoms with Gasteiger partial charge in [0.2, 0.25) is 0 Å². The van der Waals surface area contributed by atoms with Crippen molar-refractivity contribution >= 4 is 27.8 Å². The average Bonchev–Trinajstić information content (AvgIpc) is 2.61. The largest absolute Gasteiger partial charge is 0.379 e. The Kier molecular flexibility index (Phi) is 5.21. The van der Waals surface area contributed by atoms with Crippen LogP contribution in [0.4, 0.5) is 0 Å². The summed E-state index contributed by atoms with van der Waals surface area (Å²) in [6, 6.07) is 19.5.